The molecular weight excluding hydrogens is 196 g/mol. The summed E-state index contributed by atoms with van der Waals surface area (Å²) >= 11 is 0. The minimum Gasteiger partial charge on any atom is -0.394 e. The zero-order valence-electron chi connectivity index (χ0n) is 9.12. The Labute approximate surface area is 89.9 Å². The van der Waals surface area contributed by atoms with Gasteiger partial charge in [-0.05, 0) is 26.3 Å². The van der Waals surface area contributed by atoms with Crippen molar-refractivity contribution >= 4 is 5.91 Å². The lowest BCUT2D eigenvalue weighted by molar-refractivity contribution is -0.126. The van der Waals surface area contributed by atoms with E-state index in [1.165, 1.54) is 0 Å². The van der Waals surface area contributed by atoms with Crippen LogP contribution in [0.4, 0.5) is 0 Å². The standard InChI is InChI=1S/C10H20N2O3/c1-10(6-13,7-14)12-9(15)8-4-2-3-5-11-8/h8,11,13-14H,2-7H2,1H3,(H,12,15)/t8-/m1/s1. The molecule has 88 valence electrons. The van der Waals surface area contributed by atoms with Crippen molar-refractivity contribution in [2.45, 2.75) is 37.8 Å². The summed E-state index contributed by atoms with van der Waals surface area (Å²) in [5.74, 6) is -0.139. The van der Waals surface area contributed by atoms with E-state index in [0.29, 0.717) is 0 Å². The van der Waals surface area contributed by atoms with E-state index >= 15 is 0 Å². The lowest BCUT2D eigenvalue weighted by atomic mass is 10.0. The highest BCUT2D eigenvalue weighted by molar-refractivity contribution is 5.82. The fraction of sp³-hybridized carbons (Fsp3) is 0.900. The number of aliphatic hydroxyl groups is 2. The maximum Gasteiger partial charge on any atom is 0.237 e. The Kier molecular flexibility index (Phi) is 4.50. The van der Waals surface area contributed by atoms with Crippen LogP contribution in [0, 0.1) is 0 Å². The molecule has 1 fully saturated rings. The normalized spacial score (nSPS) is 22.5. The maximum atomic E-state index is 11.7. The topological polar surface area (TPSA) is 81.6 Å². The lowest BCUT2D eigenvalue weighted by Crippen LogP contribution is -2.57. The first-order chi connectivity index (χ1) is 7.11. The molecule has 0 spiro atoms. The Hall–Kier alpha value is -0.650. The fourth-order valence-electron chi connectivity index (χ4n) is 1.59. The van der Waals surface area contributed by atoms with E-state index in [9.17, 15) is 4.79 Å². The highest BCUT2D eigenvalue weighted by Crippen LogP contribution is 2.09. The Morgan fingerprint density at radius 3 is 2.60 bits per heavy atom. The molecule has 5 nitrogen and oxygen atoms in total. The van der Waals surface area contributed by atoms with Crippen LogP contribution in [0.3, 0.4) is 0 Å². The number of carbonyl (C=O) groups excluding carboxylic acids is 1. The highest BCUT2D eigenvalue weighted by Gasteiger charge is 2.29. The first-order valence-electron chi connectivity index (χ1n) is 5.38. The summed E-state index contributed by atoms with van der Waals surface area (Å²) < 4.78 is 0. The first-order valence-corrected chi connectivity index (χ1v) is 5.38. The van der Waals surface area contributed by atoms with Crippen molar-refractivity contribution in [3.63, 3.8) is 0 Å². The van der Waals surface area contributed by atoms with Crippen LogP contribution in [0.25, 0.3) is 0 Å². The molecule has 1 amide bonds. The Bertz CT molecular complexity index is 211. The van der Waals surface area contributed by atoms with Gasteiger partial charge in [0, 0.05) is 0 Å². The molecule has 0 aliphatic carbocycles. The van der Waals surface area contributed by atoms with Crippen LogP contribution in [-0.4, -0.2) is 47.5 Å². The monoisotopic (exact) mass is 216 g/mol. The van der Waals surface area contributed by atoms with Crippen LogP contribution in [0.5, 0.6) is 0 Å². The van der Waals surface area contributed by atoms with E-state index in [1.807, 2.05) is 0 Å². The van der Waals surface area contributed by atoms with E-state index in [2.05, 4.69) is 10.6 Å². The summed E-state index contributed by atoms with van der Waals surface area (Å²) in [5, 5.41) is 23.9. The van der Waals surface area contributed by atoms with Gasteiger partial charge < -0.3 is 20.8 Å². The second-order valence-corrected chi connectivity index (χ2v) is 4.37. The van der Waals surface area contributed by atoms with Gasteiger partial charge in [0.15, 0.2) is 0 Å². The number of hydrogen-bond donors (Lipinski definition) is 4. The van der Waals surface area contributed by atoms with Crippen LogP contribution < -0.4 is 10.6 Å². The van der Waals surface area contributed by atoms with Crippen molar-refractivity contribution in [2.24, 2.45) is 0 Å². The van der Waals surface area contributed by atoms with Crippen molar-refractivity contribution < 1.29 is 15.0 Å². The van der Waals surface area contributed by atoms with E-state index in [1.54, 1.807) is 6.92 Å². The summed E-state index contributed by atoms with van der Waals surface area (Å²) in [6, 6.07) is -0.184. The van der Waals surface area contributed by atoms with Crippen molar-refractivity contribution in [1.29, 1.82) is 0 Å². The molecule has 5 heteroatoms. The van der Waals surface area contributed by atoms with Gasteiger partial charge in [-0.2, -0.15) is 0 Å². The Morgan fingerprint density at radius 2 is 2.13 bits per heavy atom. The molecule has 4 N–H and O–H groups in total. The number of piperidine rings is 1. The van der Waals surface area contributed by atoms with Gasteiger partial charge in [-0.25, -0.2) is 0 Å². The van der Waals surface area contributed by atoms with Gasteiger partial charge in [-0.1, -0.05) is 6.42 Å². The number of carbonyl (C=O) groups is 1. The number of rotatable bonds is 4. The fourth-order valence-corrected chi connectivity index (χ4v) is 1.59. The molecule has 0 radical (unpaired) electrons. The van der Waals surface area contributed by atoms with Crippen molar-refractivity contribution in [3.8, 4) is 0 Å². The molecular formula is C10H20N2O3. The zero-order valence-corrected chi connectivity index (χ0v) is 9.12. The SMILES string of the molecule is CC(CO)(CO)NC(=O)[C@H]1CCCCN1. The van der Waals surface area contributed by atoms with E-state index in [0.717, 1.165) is 25.8 Å². The molecule has 0 aromatic heterocycles. The van der Waals surface area contributed by atoms with Crippen LogP contribution in [-0.2, 0) is 4.79 Å². The summed E-state index contributed by atoms with van der Waals surface area (Å²) in [4.78, 5) is 11.7. The molecule has 1 aliphatic heterocycles. The van der Waals surface area contributed by atoms with Gasteiger partial charge >= 0.3 is 0 Å². The molecule has 0 aromatic carbocycles. The van der Waals surface area contributed by atoms with Crippen LogP contribution in [0.1, 0.15) is 26.2 Å². The Morgan fingerprint density at radius 1 is 1.47 bits per heavy atom. The molecule has 1 heterocycles. The van der Waals surface area contributed by atoms with Gasteiger partial charge in [0.05, 0.1) is 24.8 Å². The summed E-state index contributed by atoms with van der Waals surface area (Å²) in [7, 11) is 0. The predicted octanol–water partition coefficient (Wildman–Crippen LogP) is -1.01. The van der Waals surface area contributed by atoms with Crippen LogP contribution in [0.15, 0.2) is 0 Å². The van der Waals surface area contributed by atoms with Gasteiger partial charge in [0.25, 0.3) is 0 Å². The number of amides is 1. The van der Waals surface area contributed by atoms with E-state index in [-0.39, 0.29) is 25.2 Å². The van der Waals surface area contributed by atoms with Gasteiger partial charge in [0.1, 0.15) is 0 Å². The van der Waals surface area contributed by atoms with Gasteiger partial charge in [-0.3, -0.25) is 4.79 Å². The van der Waals surface area contributed by atoms with Crippen molar-refractivity contribution in [1.82, 2.24) is 10.6 Å². The quantitative estimate of drug-likeness (QED) is 0.485. The molecule has 1 atom stereocenters. The average molecular weight is 216 g/mol. The molecule has 0 unspecified atom stereocenters. The molecule has 15 heavy (non-hydrogen) atoms. The third-order valence-electron chi connectivity index (χ3n) is 2.75. The minimum atomic E-state index is -0.920. The molecule has 1 rings (SSSR count). The zero-order chi connectivity index (χ0) is 11.3. The summed E-state index contributed by atoms with van der Waals surface area (Å²) in [5.41, 5.74) is -0.920. The number of aliphatic hydroxyl groups excluding tert-OH is 2. The van der Waals surface area contributed by atoms with E-state index < -0.39 is 5.54 Å². The van der Waals surface area contributed by atoms with Crippen molar-refractivity contribution in [2.75, 3.05) is 19.8 Å². The highest BCUT2D eigenvalue weighted by atomic mass is 16.3. The predicted molar refractivity (Wildman–Crippen MR) is 56.4 cm³/mol. The molecule has 0 bridgehead atoms. The van der Waals surface area contributed by atoms with Crippen molar-refractivity contribution in [3.05, 3.63) is 0 Å². The van der Waals surface area contributed by atoms with Gasteiger partial charge in [0.2, 0.25) is 5.91 Å². The molecule has 1 saturated heterocycles. The molecule has 0 aromatic rings. The molecule has 1 aliphatic rings. The summed E-state index contributed by atoms with van der Waals surface area (Å²) in [6.07, 6.45) is 2.96. The van der Waals surface area contributed by atoms with Crippen LogP contribution >= 0.6 is 0 Å². The minimum absolute atomic E-state index is 0.139. The second kappa shape index (κ2) is 5.44. The lowest BCUT2D eigenvalue weighted by Gasteiger charge is -2.30. The van der Waals surface area contributed by atoms with Gasteiger partial charge in [-0.15, -0.1) is 0 Å². The number of hydrogen-bond acceptors (Lipinski definition) is 4. The van der Waals surface area contributed by atoms with E-state index in [4.69, 9.17) is 10.2 Å². The van der Waals surface area contributed by atoms with Crippen LogP contribution in [0.2, 0.25) is 0 Å². The molecule has 0 saturated carbocycles. The third kappa shape index (κ3) is 3.44. The maximum absolute atomic E-state index is 11.7. The smallest absolute Gasteiger partial charge is 0.237 e. The third-order valence-corrected chi connectivity index (χ3v) is 2.75. The Balaban J connectivity index is 2.46. The second-order valence-electron chi connectivity index (χ2n) is 4.37. The average Bonchev–Trinajstić information content (AvgIpc) is 2.30. The number of nitrogens with one attached hydrogen (secondary N) is 2. The first kappa shape index (κ1) is 12.4. The summed E-state index contributed by atoms with van der Waals surface area (Å²) in [6.45, 7) is 1.95. The largest absolute Gasteiger partial charge is 0.394 e.